The third-order valence-corrected chi connectivity index (χ3v) is 8.54. The number of benzene rings is 5. The number of nitrogens with zero attached hydrogens (tertiary/aromatic N) is 1. The molecule has 0 radical (unpaired) electrons. The number of rotatable bonds is 11. The minimum Gasteiger partial charge on any atom is -0.325 e. The maximum Gasteiger partial charge on any atom is 0.272 e. The van der Waals surface area contributed by atoms with E-state index in [2.05, 4.69) is 16.0 Å². The zero-order valence-corrected chi connectivity index (χ0v) is 27.1. The van der Waals surface area contributed by atoms with Crippen LogP contribution in [-0.2, 0) is 9.59 Å². The molecule has 0 heterocycles. The van der Waals surface area contributed by atoms with E-state index in [1.54, 1.807) is 79.7 Å². The van der Waals surface area contributed by atoms with E-state index in [9.17, 15) is 24.5 Å². The summed E-state index contributed by atoms with van der Waals surface area (Å²) in [5, 5.41) is 19.4. The Morgan fingerprint density at radius 3 is 2.21 bits per heavy atom. The fourth-order valence-corrected chi connectivity index (χ4v) is 5.97. The Bertz CT molecular complexity index is 2000. The van der Waals surface area contributed by atoms with Crippen LogP contribution < -0.4 is 16.0 Å². The molecule has 0 bridgehead atoms. The highest BCUT2D eigenvalue weighted by molar-refractivity contribution is 8.00. The lowest BCUT2D eigenvalue weighted by atomic mass is 10.1. The predicted molar refractivity (Wildman–Crippen MR) is 190 cm³/mol. The van der Waals surface area contributed by atoms with Crippen molar-refractivity contribution in [2.24, 2.45) is 0 Å². The number of nitro benzene ring substituents is 1. The van der Waals surface area contributed by atoms with E-state index < -0.39 is 22.0 Å². The highest BCUT2D eigenvalue weighted by Crippen LogP contribution is 2.37. The number of carbonyl (C=O) groups is 3. The van der Waals surface area contributed by atoms with Gasteiger partial charge in [-0.2, -0.15) is 0 Å². The van der Waals surface area contributed by atoms with Gasteiger partial charge in [-0.25, -0.2) is 0 Å². The van der Waals surface area contributed by atoms with Crippen molar-refractivity contribution in [2.45, 2.75) is 17.1 Å². The highest BCUT2D eigenvalue weighted by atomic mass is 35.5. The predicted octanol–water partition coefficient (Wildman–Crippen LogP) is 8.44. The van der Waals surface area contributed by atoms with Crippen LogP contribution in [-0.4, -0.2) is 22.6 Å². The number of hydrogen-bond acceptors (Lipinski definition) is 6. The number of non-ortho nitro benzene ring substituents is 1. The van der Waals surface area contributed by atoms with Crippen molar-refractivity contribution in [3.8, 4) is 0 Å². The van der Waals surface area contributed by atoms with Gasteiger partial charge in [0.05, 0.1) is 4.92 Å². The number of amides is 3. The molecule has 3 N–H and O–H groups in total. The molecule has 11 heteroatoms. The Labute approximate surface area is 286 Å². The lowest BCUT2D eigenvalue weighted by Crippen LogP contribution is -2.30. The molecular weight excluding hydrogens is 648 g/mol. The molecular formula is C37H29ClN4O5S. The Kier molecular flexibility index (Phi) is 11.0. The number of halogens is 1. The van der Waals surface area contributed by atoms with E-state index in [4.69, 9.17) is 11.6 Å². The number of hydrogen-bond donors (Lipinski definition) is 3. The van der Waals surface area contributed by atoms with Crippen LogP contribution in [0.25, 0.3) is 6.08 Å². The zero-order chi connectivity index (χ0) is 34.0. The van der Waals surface area contributed by atoms with Crippen molar-refractivity contribution in [3.63, 3.8) is 0 Å². The molecule has 0 spiro atoms. The summed E-state index contributed by atoms with van der Waals surface area (Å²) in [6, 6.07) is 35.9. The van der Waals surface area contributed by atoms with Crippen molar-refractivity contribution >= 4 is 64.2 Å². The summed E-state index contributed by atoms with van der Waals surface area (Å²) in [5.41, 5.74) is 3.14. The summed E-state index contributed by atoms with van der Waals surface area (Å²) >= 11 is 7.44. The third-order valence-electron chi connectivity index (χ3n) is 7.05. The van der Waals surface area contributed by atoms with Crippen molar-refractivity contribution < 1.29 is 19.3 Å². The summed E-state index contributed by atoms with van der Waals surface area (Å²) in [6.07, 6.45) is 1.54. The van der Waals surface area contributed by atoms with Crippen LogP contribution in [0.4, 0.5) is 17.1 Å². The number of carbonyl (C=O) groups excluding carboxylic acids is 3. The maximum absolute atomic E-state index is 13.7. The van der Waals surface area contributed by atoms with Crippen molar-refractivity contribution in [2.75, 3.05) is 10.6 Å². The van der Waals surface area contributed by atoms with Gasteiger partial charge in [-0.3, -0.25) is 24.5 Å². The number of nitrogens with one attached hydrogen (secondary N) is 3. The van der Waals surface area contributed by atoms with Gasteiger partial charge in [-0.15, -0.1) is 11.8 Å². The summed E-state index contributed by atoms with van der Waals surface area (Å²) < 4.78 is 0. The monoisotopic (exact) mass is 676 g/mol. The van der Waals surface area contributed by atoms with Gasteiger partial charge < -0.3 is 16.0 Å². The van der Waals surface area contributed by atoms with E-state index in [1.165, 1.54) is 36.0 Å². The second kappa shape index (κ2) is 15.7. The third kappa shape index (κ3) is 8.97. The molecule has 1 unspecified atom stereocenters. The Balaban J connectivity index is 1.38. The molecule has 0 saturated heterocycles. The minimum atomic E-state index is -0.699. The van der Waals surface area contributed by atoms with Gasteiger partial charge in [-0.05, 0) is 78.2 Å². The van der Waals surface area contributed by atoms with E-state index in [0.717, 1.165) is 5.56 Å². The van der Waals surface area contributed by atoms with Gasteiger partial charge in [0.25, 0.3) is 17.5 Å². The van der Waals surface area contributed by atoms with Gasteiger partial charge in [0.1, 0.15) is 10.9 Å². The molecule has 240 valence electrons. The zero-order valence-electron chi connectivity index (χ0n) is 25.6. The van der Waals surface area contributed by atoms with E-state index >= 15 is 0 Å². The van der Waals surface area contributed by atoms with Gasteiger partial charge in [0, 0.05) is 39.0 Å². The summed E-state index contributed by atoms with van der Waals surface area (Å²) in [6.45, 7) is 1.69. The maximum atomic E-state index is 13.7. The molecule has 9 nitrogen and oxygen atoms in total. The molecule has 0 aromatic heterocycles. The molecule has 5 aromatic rings. The number of anilines is 2. The Morgan fingerprint density at radius 1 is 0.812 bits per heavy atom. The SMILES string of the molecule is Cc1cc([N+](=O)[O-])ccc1NC(=O)C(Sc1cccc(NC(=O)/C(=C/c2cccc(Cl)c2)NC(=O)c2ccccc2)c1)c1ccccc1. The van der Waals surface area contributed by atoms with Crippen LogP contribution in [0.3, 0.4) is 0 Å². The van der Waals surface area contributed by atoms with Gasteiger partial charge in [-0.1, -0.05) is 78.3 Å². The number of aryl methyl sites for hydroxylation is 1. The lowest BCUT2D eigenvalue weighted by molar-refractivity contribution is -0.384. The van der Waals surface area contributed by atoms with Gasteiger partial charge in [0.15, 0.2) is 0 Å². The van der Waals surface area contributed by atoms with Gasteiger partial charge in [0.2, 0.25) is 5.91 Å². The summed E-state index contributed by atoms with van der Waals surface area (Å²) in [5.74, 6) is -1.34. The lowest BCUT2D eigenvalue weighted by Gasteiger charge is -2.18. The first-order chi connectivity index (χ1) is 23.2. The smallest absolute Gasteiger partial charge is 0.272 e. The topological polar surface area (TPSA) is 130 Å². The molecule has 0 saturated carbocycles. The fraction of sp³-hybridized carbons (Fsp3) is 0.0541. The first-order valence-corrected chi connectivity index (χ1v) is 15.9. The average Bonchev–Trinajstić information content (AvgIpc) is 3.08. The molecule has 5 aromatic carbocycles. The van der Waals surface area contributed by atoms with Crippen LogP contribution in [0.15, 0.2) is 138 Å². The normalized spacial score (nSPS) is 11.7. The quantitative estimate of drug-likeness (QED) is 0.0557. The first-order valence-electron chi connectivity index (χ1n) is 14.7. The van der Waals surface area contributed by atoms with Crippen LogP contribution in [0.2, 0.25) is 5.02 Å². The molecule has 48 heavy (non-hydrogen) atoms. The van der Waals surface area contributed by atoms with Crippen LogP contribution >= 0.6 is 23.4 Å². The molecule has 1 atom stereocenters. The fourth-order valence-electron chi connectivity index (χ4n) is 4.69. The second-order valence-electron chi connectivity index (χ2n) is 10.6. The number of thioether (sulfide) groups is 1. The molecule has 3 amide bonds. The van der Waals surface area contributed by atoms with Crippen molar-refractivity contribution in [1.82, 2.24) is 5.32 Å². The van der Waals surface area contributed by atoms with Crippen LogP contribution in [0, 0.1) is 17.0 Å². The van der Waals surface area contributed by atoms with Crippen LogP contribution in [0.5, 0.6) is 0 Å². The molecule has 5 rings (SSSR count). The van der Waals surface area contributed by atoms with Crippen LogP contribution in [0.1, 0.15) is 32.3 Å². The first kappa shape index (κ1) is 33.6. The van der Waals surface area contributed by atoms with E-state index in [-0.39, 0.29) is 17.3 Å². The second-order valence-corrected chi connectivity index (χ2v) is 12.2. The molecule has 0 aliphatic carbocycles. The molecule has 0 fully saturated rings. The van der Waals surface area contributed by atoms with Gasteiger partial charge >= 0.3 is 0 Å². The average molecular weight is 677 g/mol. The van der Waals surface area contributed by atoms with E-state index in [1.807, 2.05) is 36.4 Å². The largest absolute Gasteiger partial charge is 0.325 e. The van der Waals surface area contributed by atoms with Crippen molar-refractivity contribution in [1.29, 1.82) is 0 Å². The summed E-state index contributed by atoms with van der Waals surface area (Å²) in [7, 11) is 0. The minimum absolute atomic E-state index is 0.00387. The van der Waals surface area contributed by atoms with E-state index in [0.29, 0.717) is 38.0 Å². The Hall–Kier alpha value is -5.71. The van der Waals surface area contributed by atoms with Crippen molar-refractivity contribution in [3.05, 3.63) is 170 Å². The Morgan fingerprint density at radius 2 is 1.52 bits per heavy atom. The molecule has 0 aliphatic rings. The molecule has 0 aliphatic heterocycles. The highest BCUT2D eigenvalue weighted by Gasteiger charge is 2.24. The standard InChI is InChI=1S/C37H29ClN4O5S/c1-24-20-30(42(46)47)18-19-32(24)40-37(45)34(26-11-4-2-5-12-26)48-31-17-9-16-29(23-31)39-36(44)33(22-25-10-8-15-28(38)21-25)41-35(43)27-13-6-3-7-14-27/h2-23,34H,1H3,(H,39,44)(H,40,45)(H,41,43)/b33-22-. The number of nitro groups is 1. The summed E-state index contributed by atoms with van der Waals surface area (Å²) in [4.78, 5) is 51.6.